The molecule has 0 spiro atoms. The third-order valence-electron chi connectivity index (χ3n) is 1.52. The van der Waals surface area contributed by atoms with Gasteiger partial charge in [-0.15, -0.1) is 0 Å². The zero-order chi connectivity index (χ0) is 5.98. The Bertz CT molecular complexity index is 58.9. The fraction of sp³-hybridized carbons (Fsp3) is 1.00. The largest absolute Gasteiger partial charge is 0.230 e. The highest BCUT2D eigenvalue weighted by Crippen LogP contribution is 2.21. The zero-order valence-electron chi connectivity index (χ0n) is 5.39. The van der Waals surface area contributed by atoms with E-state index in [0.29, 0.717) is 12.2 Å². The summed E-state index contributed by atoms with van der Waals surface area (Å²) in [4.78, 5) is 9.57. The summed E-state index contributed by atoms with van der Waals surface area (Å²) in [5, 5.41) is 0. The van der Waals surface area contributed by atoms with Crippen LogP contribution in [0.4, 0.5) is 0 Å². The van der Waals surface area contributed by atoms with Crippen molar-refractivity contribution < 1.29 is 9.78 Å². The van der Waals surface area contributed by atoms with Gasteiger partial charge in [-0.2, -0.15) is 0 Å². The second kappa shape index (κ2) is 2.46. The molecule has 0 aromatic rings. The van der Waals surface area contributed by atoms with Crippen molar-refractivity contribution in [3.8, 4) is 0 Å². The molecule has 1 saturated heterocycles. The van der Waals surface area contributed by atoms with E-state index < -0.39 is 0 Å². The molecule has 0 aliphatic carbocycles. The van der Waals surface area contributed by atoms with E-state index in [1.165, 1.54) is 0 Å². The van der Waals surface area contributed by atoms with Crippen LogP contribution >= 0.6 is 0 Å². The number of hydrogen-bond acceptors (Lipinski definition) is 2. The average molecular weight is 116 g/mol. The van der Waals surface area contributed by atoms with Gasteiger partial charge in [-0.05, 0) is 12.8 Å². The normalized spacial score (nSPS) is 36.8. The molecule has 0 bridgehead atoms. The molecule has 0 aromatic heterocycles. The van der Waals surface area contributed by atoms with E-state index in [1.54, 1.807) is 0 Å². The first-order valence-electron chi connectivity index (χ1n) is 3.20. The quantitative estimate of drug-likeness (QED) is 0.509. The fourth-order valence-corrected chi connectivity index (χ4v) is 0.875. The van der Waals surface area contributed by atoms with E-state index in [4.69, 9.17) is 9.78 Å². The fourth-order valence-electron chi connectivity index (χ4n) is 0.875. The molecular weight excluding hydrogens is 104 g/mol. The molecule has 0 radical (unpaired) electrons. The Labute approximate surface area is 49.7 Å². The lowest BCUT2D eigenvalue weighted by atomic mass is 10.1. The van der Waals surface area contributed by atoms with Gasteiger partial charge in [0.05, 0.1) is 0 Å². The van der Waals surface area contributed by atoms with Crippen LogP contribution in [0.25, 0.3) is 0 Å². The van der Waals surface area contributed by atoms with E-state index in [9.17, 15) is 0 Å². The Morgan fingerprint density at radius 2 is 1.38 bits per heavy atom. The van der Waals surface area contributed by atoms with Crippen molar-refractivity contribution in [2.75, 3.05) is 0 Å². The van der Waals surface area contributed by atoms with E-state index in [0.717, 1.165) is 12.8 Å². The molecule has 0 aromatic carbocycles. The Kier molecular flexibility index (Phi) is 1.86. The highest BCUT2D eigenvalue weighted by molar-refractivity contribution is 4.70. The summed E-state index contributed by atoms with van der Waals surface area (Å²) >= 11 is 0. The summed E-state index contributed by atoms with van der Waals surface area (Å²) in [5.41, 5.74) is 0. The summed E-state index contributed by atoms with van der Waals surface area (Å²) in [5.74, 6) is 0. The summed E-state index contributed by atoms with van der Waals surface area (Å²) in [6.07, 6.45) is 2.89. The van der Waals surface area contributed by atoms with Gasteiger partial charge in [0.15, 0.2) is 0 Å². The van der Waals surface area contributed by atoms with Gasteiger partial charge in [0, 0.05) is 0 Å². The smallest absolute Gasteiger partial charge is 0.122 e. The molecule has 0 amide bonds. The Morgan fingerprint density at radius 1 is 1.00 bits per heavy atom. The predicted octanol–water partition coefficient (Wildman–Crippen LogP) is 1.51. The highest BCUT2D eigenvalue weighted by atomic mass is 17.2. The zero-order valence-corrected chi connectivity index (χ0v) is 5.39. The second-order valence-electron chi connectivity index (χ2n) is 2.09. The molecule has 1 rings (SSSR count). The van der Waals surface area contributed by atoms with Crippen molar-refractivity contribution in [3.05, 3.63) is 0 Å². The molecule has 0 saturated carbocycles. The third kappa shape index (κ3) is 0.858. The van der Waals surface area contributed by atoms with Crippen molar-refractivity contribution >= 4 is 0 Å². The van der Waals surface area contributed by atoms with Crippen LogP contribution in [-0.2, 0) is 9.78 Å². The van der Waals surface area contributed by atoms with Crippen molar-refractivity contribution in [2.45, 2.75) is 38.9 Å². The van der Waals surface area contributed by atoms with Crippen LogP contribution < -0.4 is 0 Å². The maximum Gasteiger partial charge on any atom is 0.122 e. The molecule has 48 valence electrons. The van der Waals surface area contributed by atoms with Crippen molar-refractivity contribution in [1.82, 2.24) is 0 Å². The van der Waals surface area contributed by atoms with Gasteiger partial charge < -0.3 is 0 Å². The van der Waals surface area contributed by atoms with Crippen molar-refractivity contribution in [2.24, 2.45) is 0 Å². The minimum Gasteiger partial charge on any atom is -0.230 e. The van der Waals surface area contributed by atoms with Crippen LogP contribution in [0.3, 0.4) is 0 Å². The van der Waals surface area contributed by atoms with Gasteiger partial charge in [0.2, 0.25) is 0 Å². The lowest BCUT2D eigenvalue weighted by Gasteiger charge is -2.33. The van der Waals surface area contributed by atoms with Crippen LogP contribution in [0.5, 0.6) is 0 Å². The predicted molar refractivity (Wildman–Crippen MR) is 30.3 cm³/mol. The van der Waals surface area contributed by atoms with Gasteiger partial charge in [0.25, 0.3) is 0 Å². The topological polar surface area (TPSA) is 18.5 Å². The molecule has 1 heterocycles. The number of rotatable bonds is 2. The second-order valence-corrected chi connectivity index (χ2v) is 2.09. The first-order valence-corrected chi connectivity index (χ1v) is 3.20. The third-order valence-corrected chi connectivity index (χ3v) is 1.52. The SMILES string of the molecule is CC[C@@H]1OO[C@H]1CC. The van der Waals surface area contributed by atoms with Crippen LogP contribution in [0, 0.1) is 0 Å². The van der Waals surface area contributed by atoms with Gasteiger partial charge in [-0.1, -0.05) is 13.8 Å². The first-order chi connectivity index (χ1) is 3.88. The average Bonchev–Trinajstić information content (AvgIpc) is 1.66. The van der Waals surface area contributed by atoms with Crippen molar-refractivity contribution in [3.63, 3.8) is 0 Å². The molecule has 0 N–H and O–H groups in total. The van der Waals surface area contributed by atoms with Crippen molar-refractivity contribution in [1.29, 1.82) is 0 Å². The molecule has 0 unspecified atom stereocenters. The van der Waals surface area contributed by atoms with E-state index >= 15 is 0 Å². The summed E-state index contributed by atoms with van der Waals surface area (Å²) in [6, 6.07) is 0. The first kappa shape index (κ1) is 6.05. The minimum absolute atomic E-state index is 0.375. The minimum atomic E-state index is 0.375. The van der Waals surface area contributed by atoms with E-state index in [-0.39, 0.29) is 0 Å². The molecule has 1 aliphatic rings. The van der Waals surface area contributed by atoms with Gasteiger partial charge in [-0.25, -0.2) is 9.78 Å². The Morgan fingerprint density at radius 3 is 1.50 bits per heavy atom. The standard InChI is InChI=1S/C6H12O2/c1-3-5-6(4-2)8-7-5/h5-6H,3-4H2,1-2H3/t5-,6-/m0/s1. The monoisotopic (exact) mass is 116 g/mol. The maximum absolute atomic E-state index is 4.78. The van der Waals surface area contributed by atoms with Crippen LogP contribution in [0.15, 0.2) is 0 Å². The highest BCUT2D eigenvalue weighted by Gasteiger charge is 2.30. The maximum atomic E-state index is 4.78. The molecular formula is C6H12O2. The van der Waals surface area contributed by atoms with Gasteiger partial charge in [-0.3, -0.25) is 0 Å². The molecule has 8 heavy (non-hydrogen) atoms. The van der Waals surface area contributed by atoms with Crippen LogP contribution in [-0.4, -0.2) is 12.2 Å². The molecule has 2 nitrogen and oxygen atoms in total. The summed E-state index contributed by atoms with van der Waals surface area (Å²) in [6.45, 7) is 4.21. The number of hydrogen-bond donors (Lipinski definition) is 0. The summed E-state index contributed by atoms with van der Waals surface area (Å²) in [7, 11) is 0. The van der Waals surface area contributed by atoms with E-state index in [2.05, 4.69) is 13.8 Å². The van der Waals surface area contributed by atoms with Crippen LogP contribution in [0.1, 0.15) is 26.7 Å². The summed E-state index contributed by atoms with van der Waals surface area (Å²) < 4.78 is 0. The lowest BCUT2D eigenvalue weighted by Crippen LogP contribution is -2.41. The Hall–Kier alpha value is -0.0800. The van der Waals surface area contributed by atoms with Gasteiger partial charge in [0.1, 0.15) is 12.2 Å². The van der Waals surface area contributed by atoms with Gasteiger partial charge >= 0.3 is 0 Å². The molecule has 2 atom stereocenters. The van der Waals surface area contributed by atoms with Crippen LogP contribution in [0.2, 0.25) is 0 Å². The molecule has 1 aliphatic heterocycles. The molecule has 1 fully saturated rings. The molecule has 2 heteroatoms. The van der Waals surface area contributed by atoms with E-state index in [1.807, 2.05) is 0 Å². The lowest BCUT2D eigenvalue weighted by molar-refractivity contribution is -0.465. The Balaban J connectivity index is 2.16.